The van der Waals surface area contributed by atoms with Gasteiger partial charge in [0, 0.05) is 11.8 Å². The van der Waals surface area contributed by atoms with Crippen molar-refractivity contribution in [2.75, 3.05) is 0 Å². The van der Waals surface area contributed by atoms with E-state index in [1.807, 2.05) is 6.92 Å². The lowest BCUT2D eigenvalue weighted by Gasteiger charge is -2.15. The van der Waals surface area contributed by atoms with Gasteiger partial charge in [0.2, 0.25) is 5.91 Å². The number of carbonyl (C=O) groups excluding carboxylic acids is 1. The quantitative estimate of drug-likeness (QED) is 0.249. The number of rotatable bonds is 4. The van der Waals surface area contributed by atoms with Crippen LogP contribution in [0.2, 0.25) is 0 Å². The smallest absolute Gasteiger partial charge is 0.231 e. The van der Waals surface area contributed by atoms with E-state index in [1.165, 1.54) is 0 Å². The largest absolute Gasteiger partial charge is 0.409 e. The number of nitrogens with zero attached hydrogens (tertiary/aromatic N) is 2. The minimum absolute atomic E-state index is 0.114. The molecule has 0 aliphatic rings. The van der Waals surface area contributed by atoms with Gasteiger partial charge in [0.15, 0.2) is 5.84 Å². The Hall–Kier alpha value is -2.05. The van der Waals surface area contributed by atoms with Crippen LogP contribution in [-0.4, -0.2) is 27.1 Å². The van der Waals surface area contributed by atoms with Gasteiger partial charge in [-0.05, 0) is 13.8 Å². The van der Waals surface area contributed by atoms with E-state index in [-0.39, 0.29) is 17.8 Å². The highest BCUT2D eigenvalue weighted by molar-refractivity contribution is 6.01. The lowest BCUT2D eigenvalue weighted by molar-refractivity contribution is -0.123. The average molecular weight is 225 g/mol. The van der Waals surface area contributed by atoms with Crippen LogP contribution in [0.15, 0.2) is 17.5 Å². The first-order valence-corrected chi connectivity index (χ1v) is 4.82. The van der Waals surface area contributed by atoms with Crippen LogP contribution in [0.25, 0.3) is 0 Å². The highest BCUT2D eigenvalue weighted by Gasteiger charge is 2.19. The number of hydrogen-bond donors (Lipinski definition) is 4. The van der Waals surface area contributed by atoms with E-state index >= 15 is 0 Å². The molecule has 0 saturated carbocycles. The number of carbonyl (C=O) groups is 1. The molecule has 1 heterocycles. The number of H-pyrrole nitrogens is 1. The maximum atomic E-state index is 11.6. The molecule has 0 radical (unpaired) electrons. The Kier molecular flexibility index (Phi) is 3.87. The Labute approximate surface area is 92.7 Å². The zero-order valence-electron chi connectivity index (χ0n) is 9.14. The second-order valence-electron chi connectivity index (χ2n) is 3.51. The third-order valence-electron chi connectivity index (χ3n) is 2.33. The first-order chi connectivity index (χ1) is 7.56. The van der Waals surface area contributed by atoms with Crippen molar-refractivity contribution in [2.24, 2.45) is 16.8 Å². The molecule has 0 saturated heterocycles. The van der Waals surface area contributed by atoms with Crippen LogP contribution in [0.1, 0.15) is 25.5 Å². The minimum atomic E-state index is -0.667. The summed E-state index contributed by atoms with van der Waals surface area (Å²) in [4.78, 5) is 11.6. The molecule has 7 nitrogen and oxygen atoms in total. The molecular weight excluding hydrogens is 210 g/mol. The first kappa shape index (κ1) is 12.0. The molecule has 0 aromatic carbocycles. The van der Waals surface area contributed by atoms with Gasteiger partial charge >= 0.3 is 0 Å². The van der Waals surface area contributed by atoms with Crippen molar-refractivity contribution in [3.63, 3.8) is 0 Å². The van der Waals surface area contributed by atoms with E-state index < -0.39 is 5.92 Å². The maximum absolute atomic E-state index is 11.6. The standard InChI is InChI=1S/C9H15N5O2/c1-5(8(10)14-16)9(15)13-6(2)7-3-11-12-4-7/h3-6,16H,1-2H3,(H2,10,14)(H,11,12)(H,13,15). The third-order valence-corrected chi connectivity index (χ3v) is 2.33. The number of nitrogens with one attached hydrogen (secondary N) is 2. The van der Waals surface area contributed by atoms with Gasteiger partial charge in [-0.25, -0.2) is 0 Å². The Balaban J connectivity index is 2.58. The molecule has 0 aliphatic carbocycles. The van der Waals surface area contributed by atoms with Crippen molar-refractivity contribution >= 4 is 11.7 Å². The second-order valence-corrected chi connectivity index (χ2v) is 3.51. The lowest BCUT2D eigenvalue weighted by Crippen LogP contribution is -2.38. The summed E-state index contributed by atoms with van der Waals surface area (Å²) in [6.45, 7) is 3.38. The molecule has 5 N–H and O–H groups in total. The van der Waals surface area contributed by atoms with Crippen molar-refractivity contribution in [1.82, 2.24) is 15.5 Å². The summed E-state index contributed by atoms with van der Waals surface area (Å²) in [5.74, 6) is -1.08. The highest BCUT2D eigenvalue weighted by Crippen LogP contribution is 2.10. The Morgan fingerprint density at radius 1 is 1.69 bits per heavy atom. The molecule has 2 atom stereocenters. The topological polar surface area (TPSA) is 116 Å². The normalized spacial score (nSPS) is 15.5. The fraction of sp³-hybridized carbons (Fsp3) is 0.444. The van der Waals surface area contributed by atoms with Crippen molar-refractivity contribution in [3.05, 3.63) is 18.0 Å². The van der Waals surface area contributed by atoms with Gasteiger partial charge < -0.3 is 16.3 Å². The molecular formula is C9H15N5O2. The predicted octanol–water partition coefficient (Wildman–Crippen LogP) is -0.0306. The summed E-state index contributed by atoms with van der Waals surface area (Å²) in [5, 5.41) is 20.4. The molecule has 1 aromatic heterocycles. The van der Waals surface area contributed by atoms with Gasteiger partial charge in [-0.2, -0.15) is 5.10 Å². The van der Waals surface area contributed by atoms with Crippen LogP contribution in [-0.2, 0) is 4.79 Å². The van der Waals surface area contributed by atoms with Crippen LogP contribution in [0.5, 0.6) is 0 Å². The molecule has 2 unspecified atom stereocenters. The molecule has 16 heavy (non-hydrogen) atoms. The number of nitrogens with two attached hydrogens (primary N) is 1. The fourth-order valence-electron chi connectivity index (χ4n) is 1.14. The third kappa shape index (κ3) is 2.72. The van der Waals surface area contributed by atoms with Crippen molar-refractivity contribution < 1.29 is 10.0 Å². The molecule has 1 amide bonds. The van der Waals surface area contributed by atoms with Gasteiger partial charge in [0.05, 0.1) is 18.2 Å². The van der Waals surface area contributed by atoms with Crippen molar-refractivity contribution in [3.8, 4) is 0 Å². The van der Waals surface area contributed by atoms with E-state index in [2.05, 4.69) is 20.7 Å². The summed E-state index contributed by atoms with van der Waals surface area (Å²) in [6.07, 6.45) is 3.32. The van der Waals surface area contributed by atoms with Gasteiger partial charge in [0.25, 0.3) is 0 Å². The molecule has 0 fully saturated rings. The molecule has 1 aromatic rings. The SMILES string of the molecule is CC(C(=O)NC(C)c1cn[nH]c1)C(N)=NO. The van der Waals surface area contributed by atoms with Crippen molar-refractivity contribution in [1.29, 1.82) is 0 Å². The van der Waals surface area contributed by atoms with Crippen LogP contribution < -0.4 is 11.1 Å². The summed E-state index contributed by atoms with van der Waals surface area (Å²) >= 11 is 0. The van der Waals surface area contributed by atoms with Crippen LogP contribution in [0, 0.1) is 5.92 Å². The average Bonchev–Trinajstić information content (AvgIpc) is 2.80. The van der Waals surface area contributed by atoms with Gasteiger partial charge in [-0.3, -0.25) is 9.89 Å². The fourth-order valence-corrected chi connectivity index (χ4v) is 1.14. The Morgan fingerprint density at radius 3 is 2.88 bits per heavy atom. The predicted molar refractivity (Wildman–Crippen MR) is 57.7 cm³/mol. The van der Waals surface area contributed by atoms with E-state index in [0.717, 1.165) is 5.56 Å². The molecule has 7 heteroatoms. The van der Waals surface area contributed by atoms with Crippen LogP contribution in [0.4, 0.5) is 0 Å². The molecule has 1 rings (SSSR count). The van der Waals surface area contributed by atoms with Crippen molar-refractivity contribution in [2.45, 2.75) is 19.9 Å². The monoisotopic (exact) mass is 225 g/mol. The highest BCUT2D eigenvalue weighted by atomic mass is 16.4. The van der Waals surface area contributed by atoms with E-state index in [4.69, 9.17) is 10.9 Å². The summed E-state index contributed by atoms with van der Waals surface area (Å²) in [6, 6.07) is -0.180. The van der Waals surface area contributed by atoms with Gasteiger partial charge in [0.1, 0.15) is 0 Å². The number of amides is 1. The van der Waals surface area contributed by atoms with E-state index in [9.17, 15) is 4.79 Å². The number of aromatic amines is 1. The first-order valence-electron chi connectivity index (χ1n) is 4.82. The number of aromatic nitrogens is 2. The lowest BCUT2D eigenvalue weighted by atomic mass is 10.1. The summed E-state index contributed by atoms with van der Waals surface area (Å²) in [5.41, 5.74) is 6.19. The van der Waals surface area contributed by atoms with Gasteiger partial charge in [-0.15, -0.1) is 0 Å². The second kappa shape index (κ2) is 5.15. The molecule has 0 spiro atoms. The van der Waals surface area contributed by atoms with Gasteiger partial charge in [-0.1, -0.05) is 5.16 Å². The van der Waals surface area contributed by atoms with Crippen LogP contribution >= 0.6 is 0 Å². The summed E-state index contributed by atoms with van der Waals surface area (Å²) < 4.78 is 0. The molecule has 88 valence electrons. The van der Waals surface area contributed by atoms with E-state index in [0.29, 0.717) is 0 Å². The zero-order chi connectivity index (χ0) is 12.1. The maximum Gasteiger partial charge on any atom is 0.231 e. The molecule has 0 bridgehead atoms. The number of amidine groups is 1. The minimum Gasteiger partial charge on any atom is -0.409 e. The van der Waals surface area contributed by atoms with E-state index in [1.54, 1.807) is 19.3 Å². The van der Waals surface area contributed by atoms with Crippen LogP contribution in [0.3, 0.4) is 0 Å². The number of oxime groups is 1. The Bertz CT molecular complexity index is 373. The Morgan fingerprint density at radius 2 is 2.38 bits per heavy atom. The summed E-state index contributed by atoms with van der Waals surface area (Å²) in [7, 11) is 0. The number of hydrogen-bond acceptors (Lipinski definition) is 4. The zero-order valence-corrected chi connectivity index (χ0v) is 9.14. The molecule has 0 aliphatic heterocycles.